The van der Waals surface area contributed by atoms with Crippen LogP contribution >= 0.6 is 12.4 Å². The highest BCUT2D eigenvalue weighted by molar-refractivity contribution is 5.85. The second-order valence-corrected chi connectivity index (χ2v) is 3.76. The Morgan fingerprint density at radius 2 is 2.33 bits per heavy atom. The molecule has 1 unspecified atom stereocenters. The molecule has 90 valence electrons. The van der Waals surface area contributed by atoms with Crippen molar-refractivity contribution < 1.29 is 9.53 Å². The number of carbonyl (C=O) groups excluding carboxylic acids is 1. The highest BCUT2D eigenvalue weighted by Gasteiger charge is 2.23. The zero-order valence-electron chi connectivity index (χ0n) is 9.41. The molecule has 1 rings (SSSR count). The Hall–Kier alpha value is -0.320. The van der Waals surface area contributed by atoms with Gasteiger partial charge >= 0.3 is 0 Å². The Bertz CT molecular complexity index is 184. The van der Waals surface area contributed by atoms with E-state index in [4.69, 9.17) is 4.74 Å². The second kappa shape index (κ2) is 7.91. The molecule has 0 aliphatic carbocycles. The number of likely N-dealkylation sites (N-methyl/N-ethyl adjacent to an activating group) is 1. The lowest BCUT2D eigenvalue weighted by atomic mass is 10.1. The Balaban J connectivity index is 0.00000196. The van der Waals surface area contributed by atoms with Gasteiger partial charge in [0.2, 0.25) is 5.91 Å². The number of amides is 1. The molecule has 0 spiro atoms. The van der Waals surface area contributed by atoms with Gasteiger partial charge in [-0.1, -0.05) is 6.92 Å². The topological polar surface area (TPSA) is 50.4 Å². The van der Waals surface area contributed by atoms with Gasteiger partial charge < -0.3 is 15.4 Å². The highest BCUT2D eigenvalue weighted by atomic mass is 35.5. The van der Waals surface area contributed by atoms with Crippen LogP contribution in [0.15, 0.2) is 0 Å². The lowest BCUT2D eigenvalue weighted by molar-refractivity contribution is -0.125. The van der Waals surface area contributed by atoms with E-state index in [0.29, 0.717) is 19.2 Å². The van der Waals surface area contributed by atoms with Crippen molar-refractivity contribution in [3.63, 3.8) is 0 Å². The fourth-order valence-electron chi connectivity index (χ4n) is 1.56. The summed E-state index contributed by atoms with van der Waals surface area (Å²) in [5, 5.41) is 6.17. The molecule has 1 heterocycles. The van der Waals surface area contributed by atoms with Gasteiger partial charge in [-0.2, -0.15) is 0 Å². The molecule has 0 radical (unpaired) electrons. The van der Waals surface area contributed by atoms with Crippen LogP contribution in [0.2, 0.25) is 0 Å². The van der Waals surface area contributed by atoms with Crippen molar-refractivity contribution >= 4 is 18.3 Å². The molecule has 0 bridgehead atoms. The Kier molecular flexibility index (Phi) is 7.74. The zero-order chi connectivity index (χ0) is 10.4. The van der Waals surface area contributed by atoms with Gasteiger partial charge in [-0.05, 0) is 19.9 Å². The Morgan fingerprint density at radius 1 is 1.60 bits per heavy atom. The molecule has 1 aliphatic rings. The third kappa shape index (κ3) is 5.35. The summed E-state index contributed by atoms with van der Waals surface area (Å²) in [6.45, 7) is 7.06. The van der Waals surface area contributed by atoms with Crippen LogP contribution in [0.5, 0.6) is 0 Å². The molecule has 1 amide bonds. The Labute approximate surface area is 97.5 Å². The number of ether oxygens (including phenoxy) is 1. The molecule has 2 N–H and O–H groups in total. The normalized spacial score (nSPS) is 21.9. The maximum atomic E-state index is 11.5. The largest absolute Gasteiger partial charge is 0.381 e. The van der Waals surface area contributed by atoms with E-state index in [-0.39, 0.29) is 24.2 Å². The van der Waals surface area contributed by atoms with Gasteiger partial charge in [-0.15, -0.1) is 12.4 Å². The molecule has 2 atom stereocenters. The second-order valence-electron chi connectivity index (χ2n) is 3.76. The number of halogens is 1. The summed E-state index contributed by atoms with van der Waals surface area (Å²) >= 11 is 0. The fraction of sp³-hybridized carbons (Fsp3) is 0.900. The maximum absolute atomic E-state index is 11.5. The van der Waals surface area contributed by atoms with Crippen LogP contribution in [-0.2, 0) is 9.53 Å². The number of nitrogens with one attached hydrogen (secondary N) is 2. The van der Waals surface area contributed by atoms with Crippen molar-refractivity contribution in [3.05, 3.63) is 0 Å². The minimum Gasteiger partial charge on any atom is -0.381 e. The minimum atomic E-state index is 0. The monoisotopic (exact) mass is 236 g/mol. The van der Waals surface area contributed by atoms with Crippen LogP contribution in [-0.4, -0.2) is 38.3 Å². The molecule has 1 aliphatic heterocycles. The fourth-order valence-corrected chi connectivity index (χ4v) is 1.56. The summed E-state index contributed by atoms with van der Waals surface area (Å²) in [5.74, 6) is 0.205. The van der Waals surface area contributed by atoms with E-state index in [9.17, 15) is 4.79 Å². The van der Waals surface area contributed by atoms with Crippen LogP contribution in [0.1, 0.15) is 20.3 Å². The molecular formula is C10H21ClN2O2. The average Bonchev–Trinajstić information content (AvgIpc) is 2.67. The zero-order valence-corrected chi connectivity index (χ0v) is 10.2. The van der Waals surface area contributed by atoms with Crippen LogP contribution in [0, 0.1) is 5.92 Å². The van der Waals surface area contributed by atoms with Gasteiger partial charge in [0.05, 0.1) is 12.5 Å². The molecule has 5 heteroatoms. The minimum absolute atomic E-state index is 0. The summed E-state index contributed by atoms with van der Waals surface area (Å²) < 4.78 is 5.16. The molecular weight excluding hydrogens is 216 g/mol. The number of hydrogen-bond acceptors (Lipinski definition) is 3. The molecule has 0 aromatic rings. The molecule has 0 saturated carbocycles. The summed E-state index contributed by atoms with van der Waals surface area (Å²) in [5.41, 5.74) is 0. The summed E-state index contributed by atoms with van der Waals surface area (Å²) in [7, 11) is 0. The van der Waals surface area contributed by atoms with Crippen molar-refractivity contribution in [1.29, 1.82) is 0 Å². The summed E-state index contributed by atoms with van der Waals surface area (Å²) in [6, 6.07) is 0.339. The first-order valence-electron chi connectivity index (χ1n) is 5.33. The smallest absolute Gasteiger partial charge is 0.225 e. The lowest BCUT2D eigenvalue weighted by Crippen LogP contribution is -2.41. The van der Waals surface area contributed by atoms with Gasteiger partial charge in [0, 0.05) is 19.2 Å². The van der Waals surface area contributed by atoms with Crippen molar-refractivity contribution in [1.82, 2.24) is 10.6 Å². The van der Waals surface area contributed by atoms with Gasteiger partial charge in [0.15, 0.2) is 0 Å². The van der Waals surface area contributed by atoms with Crippen molar-refractivity contribution in [2.75, 3.05) is 26.3 Å². The van der Waals surface area contributed by atoms with E-state index in [2.05, 4.69) is 24.5 Å². The van der Waals surface area contributed by atoms with Gasteiger partial charge in [-0.25, -0.2) is 0 Å². The van der Waals surface area contributed by atoms with E-state index >= 15 is 0 Å². The van der Waals surface area contributed by atoms with Gasteiger partial charge in [0.25, 0.3) is 0 Å². The van der Waals surface area contributed by atoms with Gasteiger partial charge in [0.1, 0.15) is 0 Å². The SMILES string of the molecule is CCN[C@H](C)CNC(=O)C1CCOC1.Cl. The van der Waals surface area contributed by atoms with E-state index in [1.807, 2.05) is 0 Å². The van der Waals surface area contributed by atoms with Crippen molar-refractivity contribution in [2.45, 2.75) is 26.3 Å². The van der Waals surface area contributed by atoms with E-state index in [0.717, 1.165) is 19.6 Å². The summed E-state index contributed by atoms with van der Waals surface area (Å²) in [4.78, 5) is 11.5. The first kappa shape index (κ1) is 14.7. The molecule has 4 nitrogen and oxygen atoms in total. The van der Waals surface area contributed by atoms with Crippen molar-refractivity contribution in [3.8, 4) is 0 Å². The average molecular weight is 237 g/mol. The van der Waals surface area contributed by atoms with Crippen LogP contribution in [0.3, 0.4) is 0 Å². The lowest BCUT2D eigenvalue weighted by Gasteiger charge is -2.14. The van der Waals surface area contributed by atoms with E-state index in [1.54, 1.807) is 0 Å². The number of hydrogen-bond donors (Lipinski definition) is 2. The molecule has 0 aromatic carbocycles. The van der Waals surface area contributed by atoms with Gasteiger partial charge in [-0.3, -0.25) is 4.79 Å². The van der Waals surface area contributed by atoms with E-state index < -0.39 is 0 Å². The predicted octanol–water partition coefficient (Wildman–Crippen LogP) is 0.559. The molecule has 15 heavy (non-hydrogen) atoms. The first-order valence-corrected chi connectivity index (χ1v) is 5.33. The molecule has 1 saturated heterocycles. The first-order chi connectivity index (χ1) is 6.74. The van der Waals surface area contributed by atoms with Crippen LogP contribution < -0.4 is 10.6 Å². The standard InChI is InChI=1S/C10H20N2O2.ClH/c1-3-11-8(2)6-12-10(13)9-4-5-14-7-9;/h8-9,11H,3-7H2,1-2H3,(H,12,13);1H/t8-,9?;/m1./s1. The van der Waals surface area contributed by atoms with Crippen molar-refractivity contribution in [2.24, 2.45) is 5.92 Å². The van der Waals surface area contributed by atoms with Crippen LogP contribution in [0.4, 0.5) is 0 Å². The maximum Gasteiger partial charge on any atom is 0.225 e. The predicted molar refractivity (Wildman–Crippen MR) is 62.3 cm³/mol. The summed E-state index contributed by atoms with van der Waals surface area (Å²) in [6.07, 6.45) is 0.863. The third-order valence-corrected chi connectivity index (χ3v) is 2.44. The quantitative estimate of drug-likeness (QED) is 0.734. The van der Waals surface area contributed by atoms with E-state index in [1.165, 1.54) is 0 Å². The molecule has 1 fully saturated rings. The van der Waals surface area contributed by atoms with Crippen LogP contribution in [0.25, 0.3) is 0 Å². The molecule has 0 aromatic heterocycles. The Morgan fingerprint density at radius 3 is 2.87 bits per heavy atom. The number of rotatable bonds is 5. The number of carbonyl (C=O) groups is 1. The third-order valence-electron chi connectivity index (χ3n) is 2.44. The highest BCUT2D eigenvalue weighted by Crippen LogP contribution is 2.11.